The fourth-order valence-corrected chi connectivity index (χ4v) is 1.56. The van der Waals surface area contributed by atoms with Crippen molar-refractivity contribution in [1.29, 1.82) is 0 Å². The zero-order valence-electron chi connectivity index (χ0n) is 6.48. The van der Waals surface area contributed by atoms with Gasteiger partial charge < -0.3 is 4.74 Å². The van der Waals surface area contributed by atoms with Gasteiger partial charge in [-0.15, -0.1) is 11.7 Å². The van der Waals surface area contributed by atoms with E-state index in [1.54, 1.807) is 6.07 Å². The molecule has 64 valence electrons. The molecule has 0 saturated heterocycles. The Bertz CT molecular complexity index is 286. The first kappa shape index (κ1) is 9.48. The van der Waals surface area contributed by atoms with Crippen molar-refractivity contribution in [3.05, 3.63) is 24.3 Å². The van der Waals surface area contributed by atoms with Crippen LogP contribution in [0.15, 0.2) is 29.2 Å². The highest BCUT2D eigenvalue weighted by atomic mass is 33.1. The van der Waals surface area contributed by atoms with Crippen molar-refractivity contribution in [2.24, 2.45) is 0 Å². The summed E-state index contributed by atoms with van der Waals surface area (Å²) in [5, 5.41) is 0. The average Bonchev–Trinajstić information content (AvgIpc) is 2.04. The molecule has 0 spiro atoms. The third-order valence-corrected chi connectivity index (χ3v) is 2.33. The molecule has 0 N–H and O–H groups in total. The lowest BCUT2D eigenvalue weighted by Gasteiger charge is -2.04. The number of esters is 1. The van der Waals surface area contributed by atoms with Gasteiger partial charge in [-0.2, -0.15) is 0 Å². The molecule has 0 aromatic heterocycles. The zero-order valence-corrected chi connectivity index (χ0v) is 8.19. The molecule has 0 heterocycles. The highest BCUT2D eigenvalue weighted by Crippen LogP contribution is 2.30. The molecule has 0 aliphatic carbocycles. The second kappa shape index (κ2) is 4.42. The molecule has 4 heteroatoms. The summed E-state index contributed by atoms with van der Waals surface area (Å²) in [6, 6.07) is 7.26. The Morgan fingerprint density at radius 2 is 2.17 bits per heavy atom. The molecule has 0 aliphatic heterocycles. The van der Waals surface area contributed by atoms with Crippen molar-refractivity contribution in [2.45, 2.75) is 11.8 Å². The molecule has 1 rings (SSSR count). The Hall–Kier alpha value is -0.610. The van der Waals surface area contributed by atoms with Crippen LogP contribution >= 0.6 is 22.5 Å². The summed E-state index contributed by atoms with van der Waals surface area (Å²) in [7, 11) is 1.25. The lowest BCUT2D eigenvalue weighted by molar-refractivity contribution is -0.132. The van der Waals surface area contributed by atoms with Gasteiger partial charge in [-0.3, -0.25) is 4.79 Å². The molecule has 12 heavy (non-hydrogen) atoms. The molecule has 2 nitrogen and oxygen atoms in total. The standard InChI is InChI=1S/C8H8O2S2/c1-6(9)10-7-4-2-3-5-8(7)12-11/h2-5,11H,1H3. The predicted molar refractivity (Wildman–Crippen MR) is 52.6 cm³/mol. The number of thiol groups is 1. The van der Waals surface area contributed by atoms with Crippen LogP contribution in [0, 0.1) is 0 Å². The minimum absolute atomic E-state index is 0.315. The van der Waals surface area contributed by atoms with E-state index in [4.69, 9.17) is 4.74 Å². The lowest BCUT2D eigenvalue weighted by atomic mass is 10.3. The molecular formula is C8H8O2S2. The molecule has 0 atom stereocenters. The van der Waals surface area contributed by atoms with E-state index in [2.05, 4.69) is 11.7 Å². The second-order valence-electron chi connectivity index (χ2n) is 2.13. The minimum atomic E-state index is -0.315. The van der Waals surface area contributed by atoms with E-state index in [9.17, 15) is 4.79 Å². The topological polar surface area (TPSA) is 26.3 Å². The van der Waals surface area contributed by atoms with Gasteiger partial charge in [0.1, 0.15) is 5.75 Å². The fraction of sp³-hybridized carbons (Fsp3) is 0.125. The van der Waals surface area contributed by atoms with Crippen molar-refractivity contribution >= 4 is 28.4 Å². The van der Waals surface area contributed by atoms with E-state index in [1.807, 2.05) is 18.2 Å². The smallest absolute Gasteiger partial charge is 0.308 e. The van der Waals surface area contributed by atoms with E-state index in [1.165, 1.54) is 17.7 Å². The monoisotopic (exact) mass is 200 g/mol. The number of carbonyl (C=O) groups is 1. The average molecular weight is 200 g/mol. The van der Waals surface area contributed by atoms with Gasteiger partial charge in [0.15, 0.2) is 0 Å². The van der Waals surface area contributed by atoms with Crippen LogP contribution in [-0.2, 0) is 4.79 Å². The third-order valence-electron chi connectivity index (χ3n) is 1.20. The maximum atomic E-state index is 10.6. The largest absolute Gasteiger partial charge is 0.425 e. The number of benzene rings is 1. The fourth-order valence-electron chi connectivity index (χ4n) is 0.765. The summed E-state index contributed by atoms with van der Waals surface area (Å²) in [5.41, 5.74) is 0. The van der Waals surface area contributed by atoms with Crippen molar-refractivity contribution < 1.29 is 9.53 Å². The maximum absolute atomic E-state index is 10.6. The Kier molecular flexibility index (Phi) is 3.49. The predicted octanol–water partition coefficient (Wildman–Crippen LogP) is 2.55. The Balaban J connectivity index is 2.89. The molecule has 0 saturated carbocycles. The summed E-state index contributed by atoms with van der Waals surface area (Å²) in [6.45, 7) is 1.37. The summed E-state index contributed by atoms with van der Waals surface area (Å²) in [4.78, 5) is 11.5. The van der Waals surface area contributed by atoms with E-state index < -0.39 is 0 Å². The second-order valence-corrected chi connectivity index (χ2v) is 3.30. The van der Waals surface area contributed by atoms with Crippen LogP contribution in [0.25, 0.3) is 0 Å². The molecule has 0 unspecified atom stereocenters. The SMILES string of the molecule is CC(=O)Oc1ccccc1SS. The summed E-state index contributed by atoms with van der Waals surface area (Å²) in [6.07, 6.45) is 0. The first-order valence-corrected chi connectivity index (χ1v) is 5.20. The van der Waals surface area contributed by atoms with Crippen molar-refractivity contribution in [3.8, 4) is 5.75 Å². The summed E-state index contributed by atoms with van der Waals surface area (Å²) < 4.78 is 4.93. The van der Waals surface area contributed by atoms with Crippen LogP contribution in [0.2, 0.25) is 0 Å². The van der Waals surface area contributed by atoms with Gasteiger partial charge in [-0.05, 0) is 12.1 Å². The van der Waals surface area contributed by atoms with Crippen LogP contribution in [0.5, 0.6) is 5.75 Å². The Labute approximate surface area is 80.1 Å². The van der Waals surface area contributed by atoms with Gasteiger partial charge in [0.2, 0.25) is 0 Å². The van der Waals surface area contributed by atoms with Gasteiger partial charge in [-0.25, -0.2) is 0 Å². The van der Waals surface area contributed by atoms with Crippen molar-refractivity contribution in [3.63, 3.8) is 0 Å². The number of para-hydroxylation sites is 1. The molecule has 0 aliphatic rings. The molecule has 1 aromatic carbocycles. The molecule has 0 fully saturated rings. The Morgan fingerprint density at radius 3 is 2.75 bits per heavy atom. The number of ether oxygens (including phenoxy) is 1. The number of hydrogen-bond acceptors (Lipinski definition) is 4. The van der Waals surface area contributed by atoms with Crippen molar-refractivity contribution in [1.82, 2.24) is 0 Å². The number of hydrogen-bond donors (Lipinski definition) is 1. The zero-order chi connectivity index (χ0) is 8.97. The quantitative estimate of drug-likeness (QED) is 0.344. The number of carbonyl (C=O) groups excluding carboxylic acids is 1. The number of rotatable bonds is 2. The van der Waals surface area contributed by atoms with Crippen LogP contribution in [0.3, 0.4) is 0 Å². The van der Waals surface area contributed by atoms with E-state index in [0.717, 1.165) is 4.90 Å². The first-order valence-electron chi connectivity index (χ1n) is 3.33. The van der Waals surface area contributed by atoms with Gasteiger partial charge in [0.25, 0.3) is 0 Å². The molecular weight excluding hydrogens is 192 g/mol. The maximum Gasteiger partial charge on any atom is 0.308 e. The normalized spacial score (nSPS) is 9.50. The summed E-state index contributed by atoms with van der Waals surface area (Å²) in [5.74, 6) is 0.245. The summed E-state index contributed by atoms with van der Waals surface area (Å²) >= 11 is 4.03. The van der Waals surface area contributed by atoms with Crippen LogP contribution < -0.4 is 4.74 Å². The van der Waals surface area contributed by atoms with Gasteiger partial charge >= 0.3 is 5.97 Å². The van der Waals surface area contributed by atoms with Crippen LogP contribution in [0.1, 0.15) is 6.92 Å². The minimum Gasteiger partial charge on any atom is -0.425 e. The molecule has 0 amide bonds. The van der Waals surface area contributed by atoms with E-state index >= 15 is 0 Å². The van der Waals surface area contributed by atoms with Crippen molar-refractivity contribution in [2.75, 3.05) is 0 Å². The lowest BCUT2D eigenvalue weighted by Crippen LogP contribution is -2.01. The van der Waals surface area contributed by atoms with E-state index in [-0.39, 0.29) is 5.97 Å². The van der Waals surface area contributed by atoms with Gasteiger partial charge in [-0.1, -0.05) is 22.9 Å². The first-order chi connectivity index (χ1) is 5.74. The highest BCUT2D eigenvalue weighted by molar-refractivity contribution is 8.68. The Morgan fingerprint density at radius 1 is 1.50 bits per heavy atom. The highest BCUT2D eigenvalue weighted by Gasteiger charge is 2.03. The molecule has 0 bridgehead atoms. The molecule has 0 radical (unpaired) electrons. The van der Waals surface area contributed by atoms with E-state index in [0.29, 0.717) is 5.75 Å². The third kappa shape index (κ3) is 2.46. The van der Waals surface area contributed by atoms with Gasteiger partial charge in [0.05, 0.1) is 4.90 Å². The van der Waals surface area contributed by atoms with Crippen LogP contribution in [0.4, 0.5) is 0 Å². The molecule has 1 aromatic rings. The van der Waals surface area contributed by atoms with Gasteiger partial charge in [0, 0.05) is 6.92 Å². The van der Waals surface area contributed by atoms with Crippen LogP contribution in [-0.4, -0.2) is 5.97 Å².